The van der Waals surface area contributed by atoms with Crippen LogP contribution in [0.4, 0.5) is 0 Å². The highest BCUT2D eigenvalue weighted by atomic mass is 79.9. The first-order valence-electron chi connectivity index (χ1n) is 6.46. The van der Waals surface area contributed by atoms with E-state index in [9.17, 15) is 8.42 Å². The lowest BCUT2D eigenvalue weighted by Crippen LogP contribution is -2.51. The molecule has 1 aromatic rings. The van der Waals surface area contributed by atoms with E-state index in [1.165, 1.54) is 0 Å². The van der Waals surface area contributed by atoms with E-state index in [0.29, 0.717) is 24.2 Å². The van der Waals surface area contributed by atoms with Crippen molar-refractivity contribution in [1.29, 1.82) is 0 Å². The minimum Gasteiger partial charge on any atom is -0.380 e. The number of hydrogen-bond acceptors (Lipinski definition) is 4. The molecule has 1 aliphatic rings. The summed E-state index contributed by atoms with van der Waals surface area (Å²) in [4.78, 5) is 0.215. The van der Waals surface area contributed by atoms with E-state index in [2.05, 4.69) is 20.7 Å². The molecule has 1 unspecified atom stereocenters. The molecule has 20 heavy (non-hydrogen) atoms. The predicted molar refractivity (Wildman–Crippen MR) is 80.8 cm³/mol. The highest BCUT2D eigenvalue weighted by molar-refractivity contribution is 9.10. The van der Waals surface area contributed by atoms with Crippen LogP contribution in [0.3, 0.4) is 0 Å². The summed E-state index contributed by atoms with van der Waals surface area (Å²) in [6.45, 7) is 3.24. The highest BCUT2D eigenvalue weighted by Gasteiger charge is 2.33. The van der Waals surface area contributed by atoms with Gasteiger partial charge in [-0.05, 0) is 53.4 Å². The van der Waals surface area contributed by atoms with Gasteiger partial charge in [0.15, 0.2) is 0 Å². The third kappa shape index (κ3) is 3.59. The van der Waals surface area contributed by atoms with E-state index in [4.69, 9.17) is 10.5 Å². The minimum absolute atomic E-state index is 0.215. The zero-order valence-electron chi connectivity index (χ0n) is 11.4. The zero-order valence-corrected chi connectivity index (χ0v) is 13.8. The van der Waals surface area contributed by atoms with Gasteiger partial charge in [-0.2, -0.15) is 0 Å². The molecule has 5 nitrogen and oxygen atoms in total. The number of halogens is 1. The number of sulfonamides is 1. The summed E-state index contributed by atoms with van der Waals surface area (Å²) >= 11 is 3.29. The maximum Gasteiger partial charge on any atom is 0.242 e. The van der Waals surface area contributed by atoms with Crippen molar-refractivity contribution in [2.45, 2.75) is 36.7 Å². The summed E-state index contributed by atoms with van der Waals surface area (Å²) in [5.74, 6) is 0. The normalized spacial score (nSPS) is 23.8. The molecule has 112 valence electrons. The average Bonchev–Trinajstić information content (AvgIpc) is 2.38. The summed E-state index contributed by atoms with van der Waals surface area (Å²) in [6, 6.07) is 5.10. The average molecular weight is 363 g/mol. The predicted octanol–water partition coefficient (Wildman–Crippen LogP) is 1.76. The van der Waals surface area contributed by atoms with Gasteiger partial charge in [-0.25, -0.2) is 13.1 Å². The summed E-state index contributed by atoms with van der Waals surface area (Å²) in [6.07, 6.45) is 1.61. The highest BCUT2D eigenvalue weighted by Crippen LogP contribution is 2.26. The smallest absolute Gasteiger partial charge is 0.242 e. The van der Waals surface area contributed by atoms with Gasteiger partial charge in [0.1, 0.15) is 0 Å². The van der Waals surface area contributed by atoms with Crippen molar-refractivity contribution in [2.75, 3.05) is 13.2 Å². The van der Waals surface area contributed by atoms with Gasteiger partial charge in [0.2, 0.25) is 10.0 Å². The van der Waals surface area contributed by atoms with Gasteiger partial charge in [0, 0.05) is 17.6 Å². The molecule has 1 heterocycles. The molecule has 0 aliphatic carbocycles. The molecule has 0 radical (unpaired) electrons. The Balaban J connectivity index is 2.30. The third-order valence-corrected chi connectivity index (χ3v) is 5.97. The van der Waals surface area contributed by atoms with Crippen LogP contribution in [0.25, 0.3) is 0 Å². The lowest BCUT2D eigenvalue weighted by molar-refractivity contribution is 0.0386. The molecule has 1 saturated heterocycles. The summed E-state index contributed by atoms with van der Waals surface area (Å²) in [5.41, 5.74) is 5.79. The van der Waals surface area contributed by atoms with Crippen LogP contribution in [0.1, 0.15) is 25.3 Å². The van der Waals surface area contributed by atoms with Crippen LogP contribution < -0.4 is 10.5 Å². The van der Waals surface area contributed by atoms with Crippen LogP contribution in [-0.2, 0) is 21.3 Å². The van der Waals surface area contributed by atoms with Crippen molar-refractivity contribution in [1.82, 2.24) is 4.72 Å². The molecule has 1 atom stereocenters. The molecule has 0 bridgehead atoms. The molecule has 3 N–H and O–H groups in total. The van der Waals surface area contributed by atoms with Gasteiger partial charge >= 0.3 is 0 Å². The first kappa shape index (κ1) is 15.9. The second kappa shape index (κ2) is 6.11. The number of rotatable bonds is 4. The quantitative estimate of drug-likeness (QED) is 0.854. The Bertz CT molecular complexity index is 583. The van der Waals surface area contributed by atoms with Crippen molar-refractivity contribution in [2.24, 2.45) is 5.73 Å². The molecule has 1 aromatic carbocycles. The molecule has 0 amide bonds. The van der Waals surface area contributed by atoms with Crippen LogP contribution in [0.15, 0.2) is 27.6 Å². The van der Waals surface area contributed by atoms with Crippen molar-refractivity contribution in [3.63, 3.8) is 0 Å². The SMILES string of the molecule is CC1(NS(=O)(=O)c2cc(CN)ccc2Br)CCCOC1. The van der Waals surface area contributed by atoms with Crippen LogP contribution in [-0.4, -0.2) is 27.2 Å². The Morgan fingerprint density at radius 3 is 2.85 bits per heavy atom. The maximum absolute atomic E-state index is 12.6. The number of nitrogens with two attached hydrogens (primary N) is 1. The molecular formula is C13H19BrN2O3S. The largest absolute Gasteiger partial charge is 0.380 e. The molecule has 0 aromatic heterocycles. The summed E-state index contributed by atoms with van der Waals surface area (Å²) < 4.78 is 33.8. The fourth-order valence-corrected chi connectivity index (χ4v) is 4.71. The summed E-state index contributed by atoms with van der Waals surface area (Å²) in [7, 11) is -3.61. The molecular weight excluding hydrogens is 344 g/mol. The van der Waals surface area contributed by atoms with Crippen molar-refractivity contribution < 1.29 is 13.2 Å². The van der Waals surface area contributed by atoms with Crippen LogP contribution in [0.2, 0.25) is 0 Å². The lowest BCUT2D eigenvalue weighted by Gasteiger charge is -2.34. The van der Waals surface area contributed by atoms with Gasteiger partial charge in [-0.15, -0.1) is 0 Å². The monoisotopic (exact) mass is 362 g/mol. The molecule has 1 aliphatic heterocycles. The topological polar surface area (TPSA) is 81.4 Å². The fourth-order valence-electron chi connectivity index (χ4n) is 2.27. The molecule has 0 spiro atoms. The van der Waals surface area contributed by atoms with Gasteiger partial charge in [-0.3, -0.25) is 0 Å². The van der Waals surface area contributed by atoms with E-state index in [0.717, 1.165) is 18.4 Å². The molecule has 7 heteroatoms. The Morgan fingerprint density at radius 2 is 2.25 bits per heavy atom. The van der Waals surface area contributed by atoms with E-state index < -0.39 is 15.6 Å². The number of benzene rings is 1. The Hall–Kier alpha value is -0.470. The first-order chi connectivity index (χ1) is 9.36. The van der Waals surface area contributed by atoms with E-state index in [-0.39, 0.29) is 4.90 Å². The zero-order chi connectivity index (χ0) is 14.8. The second-order valence-corrected chi connectivity index (χ2v) is 7.80. The minimum atomic E-state index is -3.61. The second-order valence-electron chi connectivity index (χ2n) is 5.29. The lowest BCUT2D eigenvalue weighted by atomic mass is 9.97. The molecule has 0 saturated carbocycles. The van der Waals surface area contributed by atoms with Crippen molar-refractivity contribution >= 4 is 26.0 Å². The molecule has 2 rings (SSSR count). The van der Waals surface area contributed by atoms with Crippen molar-refractivity contribution in [3.8, 4) is 0 Å². The third-order valence-electron chi connectivity index (χ3n) is 3.34. The summed E-state index contributed by atoms with van der Waals surface area (Å²) in [5, 5.41) is 0. The first-order valence-corrected chi connectivity index (χ1v) is 8.74. The maximum atomic E-state index is 12.6. The van der Waals surface area contributed by atoms with Gasteiger partial charge in [-0.1, -0.05) is 6.07 Å². The Kier molecular flexibility index (Phi) is 4.86. The van der Waals surface area contributed by atoms with Gasteiger partial charge < -0.3 is 10.5 Å². The standard InChI is InChI=1S/C13H19BrN2O3S/c1-13(5-2-6-19-9-13)16-20(17,18)12-7-10(8-15)3-4-11(12)14/h3-4,7,16H,2,5-6,8-9,15H2,1H3. The van der Waals surface area contributed by atoms with Crippen LogP contribution in [0, 0.1) is 0 Å². The van der Waals surface area contributed by atoms with Gasteiger partial charge in [0.25, 0.3) is 0 Å². The number of nitrogens with one attached hydrogen (secondary N) is 1. The Labute approximate surface area is 128 Å². The van der Waals surface area contributed by atoms with Gasteiger partial charge in [0.05, 0.1) is 17.0 Å². The Morgan fingerprint density at radius 1 is 1.50 bits per heavy atom. The van der Waals surface area contributed by atoms with E-state index >= 15 is 0 Å². The van der Waals surface area contributed by atoms with Crippen molar-refractivity contribution in [3.05, 3.63) is 28.2 Å². The number of hydrogen-bond donors (Lipinski definition) is 2. The van der Waals surface area contributed by atoms with Crippen LogP contribution in [0.5, 0.6) is 0 Å². The molecule has 1 fully saturated rings. The fraction of sp³-hybridized carbons (Fsp3) is 0.538. The number of ether oxygens (including phenoxy) is 1. The van der Waals surface area contributed by atoms with Crippen LogP contribution >= 0.6 is 15.9 Å². The van der Waals surface area contributed by atoms with E-state index in [1.807, 2.05) is 6.92 Å². The van der Waals surface area contributed by atoms with E-state index in [1.54, 1.807) is 18.2 Å².